The van der Waals surface area contributed by atoms with Crippen molar-refractivity contribution in [2.24, 2.45) is 0 Å². The summed E-state index contributed by atoms with van der Waals surface area (Å²) in [6, 6.07) is 8.30. The van der Waals surface area contributed by atoms with Crippen LogP contribution in [0.25, 0.3) is 0 Å². The zero-order chi connectivity index (χ0) is 13.1. The summed E-state index contributed by atoms with van der Waals surface area (Å²) in [5.41, 5.74) is 0.331. The maximum Gasteiger partial charge on any atom is 0.335 e. The summed E-state index contributed by atoms with van der Waals surface area (Å²) in [4.78, 5) is 22.2. The van der Waals surface area contributed by atoms with Crippen molar-refractivity contribution >= 4 is 12.3 Å². The first kappa shape index (κ1) is 15.3. The maximum atomic E-state index is 10.2. The number of nitrogens with zero attached hydrogens (tertiary/aromatic N) is 1. The first-order valence-corrected chi connectivity index (χ1v) is 5.60. The molecule has 1 N–H and O–H groups in total. The smallest absolute Gasteiger partial charge is 0.335 e. The highest BCUT2D eigenvalue weighted by Gasteiger charge is 1.96. The van der Waals surface area contributed by atoms with Crippen LogP contribution < -0.4 is 0 Å². The van der Waals surface area contributed by atoms with E-state index in [0.717, 1.165) is 19.4 Å². The molecule has 0 aromatic heterocycles. The van der Waals surface area contributed by atoms with Crippen molar-refractivity contribution < 1.29 is 14.7 Å². The van der Waals surface area contributed by atoms with Crippen molar-refractivity contribution in [1.82, 2.24) is 4.90 Å². The molecule has 0 saturated heterocycles. The van der Waals surface area contributed by atoms with Gasteiger partial charge in [-0.15, -0.1) is 0 Å². The molecule has 0 amide bonds. The minimum absolute atomic E-state index is 0.331. The van der Waals surface area contributed by atoms with Crippen LogP contribution in [0.15, 0.2) is 30.3 Å². The number of carboxylic acids is 1. The lowest BCUT2D eigenvalue weighted by atomic mass is 10.2. The molecule has 4 heteroatoms. The normalized spacial score (nSPS) is 9.35. The van der Waals surface area contributed by atoms with Gasteiger partial charge in [0, 0.05) is 0 Å². The standard InChI is InChI=1S/C7H6O2.C6H13NO/c8-7(9)6-4-2-1-3-5-6;1-3-7(4-2)5-6-8/h1-5H,(H,8,9);6H,3-5H2,1-2H3. The van der Waals surface area contributed by atoms with Gasteiger partial charge in [-0.3, -0.25) is 4.90 Å². The van der Waals surface area contributed by atoms with E-state index in [2.05, 4.69) is 4.90 Å². The van der Waals surface area contributed by atoms with Crippen LogP contribution in [0.5, 0.6) is 0 Å². The molecule has 0 unspecified atom stereocenters. The Morgan fingerprint density at radius 2 is 1.76 bits per heavy atom. The molecule has 1 aromatic carbocycles. The monoisotopic (exact) mass is 237 g/mol. The van der Waals surface area contributed by atoms with Gasteiger partial charge in [-0.05, 0) is 25.2 Å². The van der Waals surface area contributed by atoms with Gasteiger partial charge < -0.3 is 9.90 Å². The summed E-state index contributed by atoms with van der Waals surface area (Å²) in [6.07, 6.45) is 0.938. The number of rotatable bonds is 5. The minimum Gasteiger partial charge on any atom is -0.478 e. The second kappa shape index (κ2) is 9.54. The highest BCUT2D eigenvalue weighted by atomic mass is 16.4. The molecule has 0 bridgehead atoms. The Labute approximate surface area is 102 Å². The third kappa shape index (κ3) is 7.25. The second-order valence-electron chi connectivity index (χ2n) is 3.32. The molecular formula is C13H19NO3. The maximum absolute atomic E-state index is 10.2. The Kier molecular flexibility index (Phi) is 8.60. The summed E-state index contributed by atoms with van der Waals surface area (Å²) in [7, 11) is 0. The fraction of sp³-hybridized carbons (Fsp3) is 0.385. The number of benzene rings is 1. The van der Waals surface area contributed by atoms with Crippen molar-refractivity contribution in [2.75, 3.05) is 19.6 Å². The molecule has 94 valence electrons. The Morgan fingerprint density at radius 1 is 1.24 bits per heavy atom. The Balaban J connectivity index is 0.000000304. The summed E-state index contributed by atoms with van der Waals surface area (Å²) < 4.78 is 0. The van der Waals surface area contributed by atoms with E-state index in [-0.39, 0.29) is 0 Å². The second-order valence-corrected chi connectivity index (χ2v) is 3.32. The predicted molar refractivity (Wildman–Crippen MR) is 67.3 cm³/mol. The number of carbonyl (C=O) groups is 2. The molecule has 1 rings (SSSR count). The van der Waals surface area contributed by atoms with Gasteiger partial charge in [0.25, 0.3) is 0 Å². The highest BCUT2D eigenvalue weighted by molar-refractivity contribution is 5.87. The summed E-state index contributed by atoms with van der Waals surface area (Å²) in [5, 5.41) is 8.38. The molecule has 0 aliphatic rings. The first-order valence-electron chi connectivity index (χ1n) is 5.60. The van der Waals surface area contributed by atoms with Crippen LogP contribution in [0.2, 0.25) is 0 Å². The van der Waals surface area contributed by atoms with E-state index in [1.807, 2.05) is 13.8 Å². The SMILES string of the molecule is CCN(CC)CC=O.O=C(O)c1ccccc1. The van der Waals surface area contributed by atoms with Crippen LogP contribution in [0.4, 0.5) is 0 Å². The average molecular weight is 237 g/mol. The Hall–Kier alpha value is -1.68. The largest absolute Gasteiger partial charge is 0.478 e. The van der Waals surface area contributed by atoms with Crippen LogP contribution in [0.3, 0.4) is 0 Å². The Bertz CT molecular complexity index is 321. The predicted octanol–water partition coefficient (Wildman–Crippen LogP) is 1.91. The van der Waals surface area contributed by atoms with Crippen LogP contribution in [-0.4, -0.2) is 41.9 Å². The molecule has 1 aromatic rings. The van der Waals surface area contributed by atoms with Crippen LogP contribution in [0.1, 0.15) is 24.2 Å². The number of aromatic carboxylic acids is 1. The first-order chi connectivity index (χ1) is 8.15. The average Bonchev–Trinajstić information content (AvgIpc) is 2.37. The van der Waals surface area contributed by atoms with Gasteiger partial charge in [-0.1, -0.05) is 32.0 Å². The molecule has 0 heterocycles. The quantitative estimate of drug-likeness (QED) is 0.795. The van der Waals surface area contributed by atoms with E-state index in [9.17, 15) is 9.59 Å². The van der Waals surface area contributed by atoms with E-state index in [4.69, 9.17) is 5.11 Å². The fourth-order valence-electron chi connectivity index (χ4n) is 1.17. The molecule has 4 nitrogen and oxygen atoms in total. The number of carbonyl (C=O) groups excluding carboxylic acids is 1. The van der Waals surface area contributed by atoms with Gasteiger partial charge in [0.2, 0.25) is 0 Å². The van der Waals surface area contributed by atoms with E-state index in [1.165, 1.54) is 0 Å². The molecule has 0 atom stereocenters. The van der Waals surface area contributed by atoms with Crippen LogP contribution >= 0.6 is 0 Å². The van der Waals surface area contributed by atoms with Gasteiger partial charge >= 0.3 is 5.97 Å². The van der Waals surface area contributed by atoms with Gasteiger partial charge in [0.15, 0.2) is 0 Å². The molecule has 0 spiro atoms. The summed E-state index contributed by atoms with van der Waals surface area (Å²) in [5.74, 6) is -0.879. The molecule has 17 heavy (non-hydrogen) atoms. The van der Waals surface area contributed by atoms with Gasteiger partial charge in [0.05, 0.1) is 12.1 Å². The summed E-state index contributed by atoms with van der Waals surface area (Å²) in [6.45, 7) is 6.61. The number of aldehydes is 1. The zero-order valence-corrected chi connectivity index (χ0v) is 10.3. The van der Waals surface area contributed by atoms with Gasteiger partial charge in [-0.25, -0.2) is 4.79 Å². The third-order valence-electron chi connectivity index (χ3n) is 2.25. The van der Waals surface area contributed by atoms with Crippen molar-refractivity contribution in [3.05, 3.63) is 35.9 Å². The van der Waals surface area contributed by atoms with Crippen molar-refractivity contribution in [3.63, 3.8) is 0 Å². The summed E-state index contributed by atoms with van der Waals surface area (Å²) >= 11 is 0. The molecule has 0 radical (unpaired) electrons. The van der Waals surface area contributed by atoms with E-state index < -0.39 is 5.97 Å². The zero-order valence-electron chi connectivity index (χ0n) is 10.3. The molecule has 0 fully saturated rings. The van der Waals surface area contributed by atoms with E-state index >= 15 is 0 Å². The van der Waals surface area contributed by atoms with Crippen molar-refractivity contribution in [3.8, 4) is 0 Å². The molecular weight excluding hydrogens is 218 g/mol. The number of hydrogen-bond acceptors (Lipinski definition) is 3. The van der Waals surface area contributed by atoms with E-state index in [1.54, 1.807) is 30.3 Å². The van der Waals surface area contributed by atoms with Gasteiger partial charge in [-0.2, -0.15) is 0 Å². The molecule has 0 aliphatic carbocycles. The van der Waals surface area contributed by atoms with Crippen LogP contribution in [-0.2, 0) is 4.79 Å². The van der Waals surface area contributed by atoms with E-state index in [0.29, 0.717) is 12.1 Å². The van der Waals surface area contributed by atoms with Crippen LogP contribution in [0, 0.1) is 0 Å². The number of hydrogen-bond donors (Lipinski definition) is 1. The topological polar surface area (TPSA) is 57.6 Å². The third-order valence-corrected chi connectivity index (χ3v) is 2.25. The lowest BCUT2D eigenvalue weighted by molar-refractivity contribution is -0.108. The number of carboxylic acid groups (broad SMARTS) is 1. The Morgan fingerprint density at radius 3 is 2.00 bits per heavy atom. The highest BCUT2D eigenvalue weighted by Crippen LogP contribution is 1.96. The fourth-order valence-corrected chi connectivity index (χ4v) is 1.17. The van der Waals surface area contributed by atoms with Crippen molar-refractivity contribution in [2.45, 2.75) is 13.8 Å². The number of likely N-dealkylation sites (N-methyl/N-ethyl adjacent to an activating group) is 1. The minimum atomic E-state index is -0.879. The lowest BCUT2D eigenvalue weighted by Gasteiger charge is -2.12. The molecule has 0 aliphatic heterocycles. The van der Waals surface area contributed by atoms with Gasteiger partial charge in [0.1, 0.15) is 6.29 Å². The molecule has 0 saturated carbocycles. The lowest BCUT2D eigenvalue weighted by Crippen LogP contribution is -2.24. The van der Waals surface area contributed by atoms with Crippen molar-refractivity contribution in [1.29, 1.82) is 0 Å².